The lowest BCUT2D eigenvalue weighted by Gasteiger charge is -2.36. The summed E-state index contributed by atoms with van der Waals surface area (Å²) >= 11 is 0. The summed E-state index contributed by atoms with van der Waals surface area (Å²) in [4.78, 5) is 11.2. The number of hydrogen-bond donors (Lipinski definition) is 2. The Morgan fingerprint density at radius 3 is 2.89 bits per heavy atom. The zero-order chi connectivity index (χ0) is 13.8. The number of aromatic nitrogens is 2. The van der Waals surface area contributed by atoms with E-state index in [-0.39, 0.29) is 12.6 Å². The number of nitrogens with one attached hydrogen (secondary N) is 1. The van der Waals surface area contributed by atoms with Crippen LogP contribution in [0.1, 0.15) is 18.3 Å². The van der Waals surface area contributed by atoms with Crippen LogP contribution in [0, 0.1) is 6.92 Å². The van der Waals surface area contributed by atoms with Gasteiger partial charge in [-0.05, 0) is 6.92 Å². The average Bonchev–Trinajstić information content (AvgIpc) is 2.47. The molecule has 0 spiro atoms. The zero-order valence-corrected chi connectivity index (χ0v) is 11.8. The third kappa shape index (κ3) is 2.79. The van der Waals surface area contributed by atoms with E-state index in [2.05, 4.69) is 20.2 Å². The molecular formula is C13H22N4O2. The molecule has 2 N–H and O–H groups in total. The molecule has 0 bridgehead atoms. The SMILES string of the molecule is CCc1nc(NC)c(C)c(N2CCOCC2CO)n1. The summed E-state index contributed by atoms with van der Waals surface area (Å²) in [5, 5.41) is 12.6. The van der Waals surface area contributed by atoms with Crippen molar-refractivity contribution in [3.63, 3.8) is 0 Å². The Morgan fingerprint density at radius 1 is 1.47 bits per heavy atom. The molecule has 0 saturated carbocycles. The van der Waals surface area contributed by atoms with Crippen LogP contribution in [0.5, 0.6) is 0 Å². The first-order valence-electron chi connectivity index (χ1n) is 6.71. The van der Waals surface area contributed by atoms with Gasteiger partial charge >= 0.3 is 0 Å². The molecule has 0 amide bonds. The van der Waals surface area contributed by atoms with Gasteiger partial charge in [0.2, 0.25) is 0 Å². The lowest BCUT2D eigenvalue weighted by Crippen LogP contribution is -2.48. The Hall–Kier alpha value is -1.40. The van der Waals surface area contributed by atoms with Gasteiger partial charge in [-0.3, -0.25) is 0 Å². The molecule has 1 aromatic heterocycles. The van der Waals surface area contributed by atoms with E-state index in [4.69, 9.17) is 4.74 Å². The van der Waals surface area contributed by atoms with E-state index in [9.17, 15) is 5.11 Å². The van der Waals surface area contributed by atoms with Gasteiger partial charge in [-0.15, -0.1) is 0 Å². The van der Waals surface area contributed by atoms with E-state index >= 15 is 0 Å². The molecule has 2 heterocycles. The molecule has 6 heteroatoms. The van der Waals surface area contributed by atoms with Crippen molar-refractivity contribution in [2.75, 3.05) is 43.6 Å². The summed E-state index contributed by atoms with van der Waals surface area (Å²) in [5.41, 5.74) is 1.01. The van der Waals surface area contributed by atoms with Gasteiger partial charge in [0, 0.05) is 25.6 Å². The Bertz CT molecular complexity index is 439. The van der Waals surface area contributed by atoms with E-state index in [1.807, 2.05) is 20.9 Å². The van der Waals surface area contributed by atoms with Gasteiger partial charge in [0.05, 0.1) is 25.9 Å². The van der Waals surface area contributed by atoms with Crippen LogP contribution in [0.2, 0.25) is 0 Å². The fourth-order valence-corrected chi connectivity index (χ4v) is 2.32. The van der Waals surface area contributed by atoms with Crippen LogP contribution in [0.3, 0.4) is 0 Å². The predicted molar refractivity (Wildman–Crippen MR) is 74.7 cm³/mol. The van der Waals surface area contributed by atoms with E-state index in [1.54, 1.807) is 0 Å². The Labute approximate surface area is 113 Å². The largest absolute Gasteiger partial charge is 0.394 e. The molecule has 1 saturated heterocycles. The van der Waals surface area contributed by atoms with E-state index < -0.39 is 0 Å². The minimum absolute atomic E-state index is 0.0308. The average molecular weight is 266 g/mol. The van der Waals surface area contributed by atoms with Gasteiger partial charge in [-0.1, -0.05) is 6.92 Å². The first-order chi connectivity index (χ1) is 9.21. The van der Waals surface area contributed by atoms with Gasteiger partial charge in [0.1, 0.15) is 17.5 Å². The monoisotopic (exact) mass is 266 g/mol. The van der Waals surface area contributed by atoms with E-state index in [1.165, 1.54) is 0 Å². The van der Waals surface area contributed by atoms with Crippen molar-refractivity contribution in [2.24, 2.45) is 0 Å². The predicted octanol–water partition coefficient (Wildman–Crippen LogP) is 0.587. The lowest BCUT2D eigenvalue weighted by molar-refractivity contribution is 0.0722. The maximum Gasteiger partial charge on any atom is 0.137 e. The topological polar surface area (TPSA) is 70.5 Å². The maximum absolute atomic E-state index is 9.49. The van der Waals surface area contributed by atoms with Crippen LogP contribution < -0.4 is 10.2 Å². The maximum atomic E-state index is 9.49. The van der Waals surface area contributed by atoms with Crippen molar-refractivity contribution in [3.05, 3.63) is 11.4 Å². The summed E-state index contributed by atoms with van der Waals surface area (Å²) in [6, 6.07) is -0.0308. The fourth-order valence-electron chi connectivity index (χ4n) is 2.32. The second-order valence-electron chi connectivity index (χ2n) is 4.65. The molecule has 0 aromatic carbocycles. The summed E-state index contributed by atoms with van der Waals surface area (Å²) in [6.07, 6.45) is 0.788. The van der Waals surface area contributed by atoms with Gasteiger partial charge in [0.15, 0.2) is 0 Å². The van der Waals surface area contributed by atoms with Crippen LogP contribution in [-0.4, -0.2) is 54.5 Å². The molecule has 2 rings (SSSR count). The summed E-state index contributed by atoms with van der Waals surface area (Å²) in [7, 11) is 1.86. The minimum atomic E-state index is -0.0308. The molecule has 1 fully saturated rings. The molecule has 1 aliphatic rings. The number of aliphatic hydroxyl groups excluding tert-OH is 1. The first-order valence-corrected chi connectivity index (χ1v) is 6.71. The molecular weight excluding hydrogens is 244 g/mol. The van der Waals surface area contributed by atoms with E-state index in [0.717, 1.165) is 36.0 Å². The van der Waals surface area contributed by atoms with Crippen LogP contribution in [0.25, 0.3) is 0 Å². The highest BCUT2D eigenvalue weighted by Gasteiger charge is 2.26. The molecule has 19 heavy (non-hydrogen) atoms. The Kier molecular flexibility index (Phi) is 4.55. The summed E-state index contributed by atoms with van der Waals surface area (Å²) in [6.45, 7) is 6.06. The van der Waals surface area contributed by atoms with Crippen molar-refractivity contribution in [1.82, 2.24) is 9.97 Å². The number of morpholine rings is 1. The fraction of sp³-hybridized carbons (Fsp3) is 0.692. The van der Waals surface area contributed by atoms with Crippen LogP contribution in [-0.2, 0) is 11.2 Å². The van der Waals surface area contributed by atoms with E-state index in [0.29, 0.717) is 13.2 Å². The smallest absolute Gasteiger partial charge is 0.137 e. The quantitative estimate of drug-likeness (QED) is 0.831. The van der Waals surface area contributed by atoms with Gasteiger partial charge < -0.3 is 20.1 Å². The molecule has 1 atom stereocenters. The van der Waals surface area contributed by atoms with Crippen molar-refractivity contribution in [3.8, 4) is 0 Å². The van der Waals surface area contributed by atoms with Crippen molar-refractivity contribution in [1.29, 1.82) is 0 Å². The Balaban J connectivity index is 2.41. The molecule has 1 aliphatic heterocycles. The highest BCUT2D eigenvalue weighted by molar-refractivity contribution is 5.59. The van der Waals surface area contributed by atoms with Gasteiger partial charge in [-0.2, -0.15) is 0 Å². The molecule has 106 valence electrons. The van der Waals surface area contributed by atoms with Gasteiger partial charge in [0.25, 0.3) is 0 Å². The number of anilines is 2. The number of aliphatic hydroxyl groups is 1. The summed E-state index contributed by atoms with van der Waals surface area (Å²) < 4.78 is 5.42. The second kappa shape index (κ2) is 6.16. The molecule has 0 radical (unpaired) electrons. The zero-order valence-electron chi connectivity index (χ0n) is 11.8. The van der Waals surface area contributed by atoms with Gasteiger partial charge in [-0.25, -0.2) is 9.97 Å². The number of ether oxygens (including phenoxy) is 1. The highest BCUT2D eigenvalue weighted by Crippen LogP contribution is 2.26. The Morgan fingerprint density at radius 2 is 2.26 bits per heavy atom. The molecule has 6 nitrogen and oxygen atoms in total. The van der Waals surface area contributed by atoms with Crippen molar-refractivity contribution in [2.45, 2.75) is 26.3 Å². The third-order valence-electron chi connectivity index (χ3n) is 3.43. The number of aryl methyl sites for hydroxylation is 1. The third-order valence-corrected chi connectivity index (χ3v) is 3.43. The lowest BCUT2D eigenvalue weighted by atomic mass is 10.2. The number of hydrogen-bond acceptors (Lipinski definition) is 6. The minimum Gasteiger partial charge on any atom is -0.394 e. The van der Waals surface area contributed by atoms with Crippen LogP contribution in [0.15, 0.2) is 0 Å². The molecule has 1 unspecified atom stereocenters. The second-order valence-corrected chi connectivity index (χ2v) is 4.65. The van der Waals surface area contributed by atoms with Crippen LogP contribution in [0.4, 0.5) is 11.6 Å². The molecule has 0 aliphatic carbocycles. The normalized spacial score (nSPS) is 19.6. The first kappa shape index (κ1) is 14.0. The number of nitrogens with zero attached hydrogens (tertiary/aromatic N) is 3. The van der Waals surface area contributed by atoms with Crippen molar-refractivity contribution >= 4 is 11.6 Å². The molecule has 1 aromatic rings. The van der Waals surface area contributed by atoms with Crippen molar-refractivity contribution < 1.29 is 9.84 Å². The highest BCUT2D eigenvalue weighted by atomic mass is 16.5. The summed E-state index contributed by atoms with van der Waals surface area (Å²) in [5.74, 6) is 2.57. The number of rotatable bonds is 4. The van der Waals surface area contributed by atoms with Crippen LogP contribution >= 0.6 is 0 Å². The standard InChI is InChI=1S/C13H22N4O2/c1-4-11-15-12(14-3)9(2)13(16-11)17-5-6-19-8-10(17)7-18/h10,18H,4-8H2,1-3H3,(H,14,15,16).